The maximum absolute atomic E-state index is 10.9. The summed E-state index contributed by atoms with van der Waals surface area (Å²) < 4.78 is 0.520. The van der Waals surface area contributed by atoms with E-state index in [2.05, 4.69) is 20.9 Å². The Morgan fingerprint density at radius 3 is 2.70 bits per heavy atom. The van der Waals surface area contributed by atoms with Gasteiger partial charge in [0.25, 0.3) is 5.69 Å². The Balaban J connectivity index is 3.14. The Morgan fingerprint density at radius 1 is 1.65 bits per heavy atom. The van der Waals surface area contributed by atoms with E-state index in [1.165, 1.54) is 6.20 Å². The summed E-state index contributed by atoms with van der Waals surface area (Å²) in [6.45, 7) is 5.95. The Kier molecular flexibility index (Phi) is 5.43. The highest BCUT2D eigenvalue weighted by molar-refractivity contribution is 9.10. The second-order valence-electron chi connectivity index (χ2n) is 4.44. The molecule has 1 rings (SSSR count). The molecule has 0 saturated heterocycles. The standard InChI is InChI=1S/C12H16BrN3O4/c1-4-15(6-7(2)12(17)18)11-10(13)8(3)9(5-14-11)16(19)20/h5,7H,4,6H2,1-3H3,(H,17,18). The number of nitrogens with zero attached hydrogens (tertiary/aromatic N) is 3. The van der Waals surface area contributed by atoms with E-state index in [1.54, 1.807) is 18.7 Å². The van der Waals surface area contributed by atoms with Crippen LogP contribution in [-0.4, -0.2) is 34.1 Å². The van der Waals surface area contributed by atoms with Crippen LogP contribution in [0.4, 0.5) is 11.5 Å². The first kappa shape index (κ1) is 16.4. The van der Waals surface area contributed by atoms with Crippen molar-refractivity contribution in [2.75, 3.05) is 18.0 Å². The van der Waals surface area contributed by atoms with Crippen molar-refractivity contribution < 1.29 is 14.8 Å². The molecule has 1 heterocycles. The lowest BCUT2D eigenvalue weighted by Gasteiger charge is -2.25. The number of pyridine rings is 1. The molecule has 0 fully saturated rings. The van der Waals surface area contributed by atoms with E-state index < -0.39 is 16.8 Å². The van der Waals surface area contributed by atoms with Gasteiger partial charge in [-0.25, -0.2) is 4.98 Å². The average molecular weight is 346 g/mol. The van der Waals surface area contributed by atoms with E-state index in [4.69, 9.17) is 5.11 Å². The summed E-state index contributed by atoms with van der Waals surface area (Å²) in [6.07, 6.45) is 1.20. The third kappa shape index (κ3) is 3.44. The summed E-state index contributed by atoms with van der Waals surface area (Å²) in [4.78, 5) is 27.1. The first-order chi connectivity index (χ1) is 9.29. The molecule has 1 unspecified atom stereocenters. The third-order valence-electron chi connectivity index (χ3n) is 3.01. The molecule has 0 aromatic carbocycles. The van der Waals surface area contributed by atoms with E-state index in [-0.39, 0.29) is 12.2 Å². The van der Waals surface area contributed by atoms with E-state index in [9.17, 15) is 14.9 Å². The largest absolute Gasteiger partial charge is 0.481 e. The van der Waals surface area contributed by atoms with Crippen molar-refractivity contribution in [1.29, 1.82) is 0 Å². The van der Waals surface area contributed by atoms with Crippen LogP contribution in [0, 0.1) is 23.0 Å². The Labute approximate surface area is 124 Å². The summed E-state index contributed by atoms with van der Waals surface area (Å²) in [5.74, 6) is -0.930. The molecule has 20 heavy (non-hydrogen) atoms. The number of aromatic nitrogens is 1. The average Bonchev–Trinajstić information content (AvgIpc) is 2.38. The number of anilines is 1. The molecular weight excluding hydrogens is 330 g/mol. The van der Waals surface area contributed by atoms with Gasteiger partial charge in [0.2, 0.25) is 0 Å². The van der Waals surface area contributed by atoms with Gasteiger partial charge in [0.05, 0.1) is 15.3 Å². The molecule has 0 amide bonds. The summed E-state index contributed by atoms with van der Waals surface area (Å²) in [7, 11) is 0. The molecule has 0 radical (unpaired) electrons. The second kappa shape index (κ2) is 6.65. The number of hydrogen-bond donors (Lipinski definition) is 1. The van der Waals surface area contributed by atoms with Crippen molar-refractivity contribution in [3.8, 4) is 0 Å². The Bertz CT molecular complexity index is 536. The lowest BCUT2D eigenvalue weighted by molar-refractivity contribution is -0.385. The molecule has 110 valence electrons. The first-order valence-electron chi connectivity index (χ1n) is 6.06. The molecule has 8 heteroatoms. The number of nitro groups is 1. The predicted molar refractivity (Wildman–Crippen MR) is 78.0 cm³/mol. The number of carboxylic acid groups (broad SMARTS) is 1. The van der Waals surface area contributed by atoms with Crippen molar-refractivity contribution in [3.05, 3.63) is 26.3 Å². The number of aliphatic carboxylic acids is 1. The smallest absolute Gasteiger partial charge is 0.308 e. The lowest BCUT2D eigenvalue weighted by Crippen LogP contribution is -2.32. The molecule has 0 bridgehead atoms. The van der Waals surface area contributed by atoms with Crippen LogP contribution in [0.25, 0.3) is 0 Å². The molecule has 0 spiro atoms. The van der Waals surface area contributed by atoms with Crippen molar-refractivity contribution in [3.63, 3.8) is 0 Å². The fourth-order valence-corrected chi connectivity index (χ4v) is 2.29. The zero-order valence-corrected chi connectivity index (χ0v) is 13.0. The topological polar surface area (TPSA) is 96.6 Å². The van der Waals surface area contributed by atoms with Gasteiger partial charge < -0.3 is 10.0 Å². The van der Waals surface area contributed by atoms with Gasteiger partial charge in [-0.3, -0.25) is 14.9 Å². The number of carboxylic acids is 1. The molecule has 0 saturated carbocycles. The Hall–Kier alpha value is -1.70. The van der Waals surface area contributed by atoms with Crippen LogP contribution in [0.2, 0.25) is 0 Å². The minimum absolute atomic E-state index is 0.0667. The lowest BCUT2D eigenvalue weighted by atomic mass is 10.1. The van der Waals surface area contributed by atoms with Crippen molar-refractivity contribution in [2.24, 2.45) is 5.92 Å². The number of rotatable bonds is 6. The monoisotopic (exact) mass is 345 g/mol. The van der Waals surface area contributed by atoms with E-state index in [1.807, 2.05) is 6.92 Å². The molecule has 0 aliphatic heterocycles. The predicted octanol–water partition coefficient (Wildman–Crippen LogP) is 2.61. The minimum atomic E-state index is -0.891. The molecule has 0 aliphatic carbocycles. The van der Waals surface area contributed by atoms with Crippen LogP contribution in [0.15, 0.2) is 10.7 Å². The van der Waals surface area contributed by atoms with Crippen molar-refractivity contribution >= 4 is 33.4 Å². The highest BCUT2D eigenvalue weighted by Crippen LogP contribution is 2.32. The normalized spacial score (nSPS) is 12.0. The van der Waals surface area contributed by atoms with Gasteiger partial charge >= 0.3 is 5.97 Å². The van der Waals surface area contributed by atoms with Gasteiger partial charge in [0.1, 0.15) is 12.0 Å². The zero-order valence-electron chi connectivity index (χ0n) is 11.5. The van der Waals surface area contributed by atoms with E-state index >= 15 is 0 Å². The summed E-state index contributed by atoms with van der Waals surface area (Å²) in [5, 5.41) is 19.8. The van der Waals surface area contributed by atoms with Crippen LogP contribution in [0.5, 0.6) is 0 Å². The highest BCUT2D eigenvalue weighted by Gasteiger charge is 2.22. The van der Waals surface area contributed by atoms with Crippen LogP contribution >= 0.6 is 15.9 Å². The van der Waals surface area contributed by atoms with Gasteiger partial charge in [0, 0.05) is 18.7 Å². The van der Waals surface area contributed by atoms with E-state index in [0.717, 1.165) is 0 Å². The molecule has 1 N–H and O–H groups in total. The zero-order chi connectivity index (χ0) is 15.4. The number of hydrogen-bond acceptors (Lipinski definition) is 5. The van der Waals surface area contributed by atoms with Crippen molar-refractivity contribution in [2.45, 2.75) is 20.8 Å². The molecule has 1 aromatic rings. The highest BCUT2D eigenvalue weighted by atomic mass is 79.9. The van der Waals surface area contributed by atoms with Crippen molar-refractivity contribution in [1.82, 2.24) is 4.98 Å². The van der Waals surface area contributed by atoms with Gasteiger partial charge in [-0.2, -0.15) is 0 Å². The fraction of sp³-hybridized carbons (Fsp3) is 0.500. The van der Waals surface area contributed by atoms with Crippen LogP contribution in [-0.2, 0) is 4.79 Å². The van der Waals surface area contributed by atoms with Gasteiger partial charge in [-0.05, 0) is 29.8 Å². The summed E-state index contributed by atoms with van der Waals surface area (Å²) >= 11 is 3.31. The van der Waals surface area contributed by atoms with Gasteiger partial charge in [-0.1, -0.05) is 6.92 Å². The minimum Gasteiger partial charge on any atom is -0.481 e. The second-order valence-corrected chi connectivity index (χ2v) is 5.23. The summed E-state index contributed by atoms with van der Waals surface area (Å²) in [6, 6.07) is 0. The Morgan fingerprint density at radius 2 is 2.25 bits per heavy atom. The first-order valence-corrected chi connectivity index (χ1v) is 6.86. The summed E-state index contributed by atoms with van der Waals surface area (Å²) in [5.41, 5.74) is 0.407. The van der Waals surface area contributed by atoms with Crippen LogP contribution in [0.1, 0.15) is 19.4 Å². The maximum atomic E-state index is 10.9. The molecule has 0 aliphatic rings. The van der Waals surface area contributed by atoms with E-state index in [0.29, 0.717) is 22.4 Å². The quantitative estimate of drug-likeness (QED) is 0.628. The number of halogens is 1. The third-order valence-corrected chi connectivity index (χ3v) is 3.96. The SMILES string of the molecule is CCN(CC(C)C(=O)O)c1ncc([N+](=O)[O-])c(C)c1Br. The maximum Gasteiger partial charge on any atom is 0.308 e. The molecule has 7 nitrogen and oxygen atoms in total. The molecule has 1 aromatic heterocycles. The van der Waals surface area contributed by atoms with Gasteiger partial charge in [0.15, 0.2) is 0 Å². The molecular formula is C12H16BrN3O4. The van der Waals surface area contributed by atoms with Crippen LogP contribution < -0.4 is 4.90 Å². The van der Waals surface area contributed by atoms with Crippen LogP contribution in [0.3, 0.4) is 0 Å². The van der Waals surface area contributed by atoms with Gasteiger partial charge in [-0.15, -0.1) is 0 Å². The number of carbonyl (C=O) groups is 1. The molecule has 1 atom stereocenters. The fourth-order valence-electron chi connectivity index (χ4n) is 1.73.